The number of benzene rings is 1. The molecule has 0 amide bonds. The Kier molecular flexibility index (Phi) is 4.36. The second kappa shape index (κ2) is 5.35. The molecule has 0 aliphatic heterocycles. The maximum absolute atomic E-state index is 11.8. The fourth-order valence-corrected chi connectivity index (χ4v) is 2.47. The maximum Gasteiger partial charge on any atom is 0.241 e. The van der Waals surface area contributed by atoms with Crippen LogP contribution < -0.4 is 4.72 Å². The molecule has 16 heavy (non-hydrogen) atoms. The first-order valence-corrected chi connectivity index (χ1v) is 6.59. The first-order valence-electron chi connectivity index (χ1n) is 4.73. The summed E-state index contributed by atoms with van der Waals surface area (Å²) in [7, 11) is -3.55. The highest BCUT2D eigenvalue weighted by Crippen LogP contribution is 2.14. The van der Waals surface area contributed by atoms with Gasteiger partial charge in [-0.05, 0) is 30.7 Å². The fraction of sp³-hybridized carbons (Fsp3) is 0.273. The Morgan fingerprint density at radius 2 is 2.00 bits per heavy atom. The molecule has 0 bridgehead atoms. The number of hydrogen-bond donors (Lipinski definition) is 1. The molecule has 0 heterocycles. The second-order valence-electron chi connectivity index (χ2n) is 3.20. The van der Waals surface area contributed by atoms with Crippen molar-refractivity contribution in [1.29, 1.82) is 0 Å². The van der Waals surface area contributed by atoms with Crippen molar-refractivity contribution in [3.8, 4) is 12.3 Å². The first-order chi connectivity index (χ1) is 7.49. The minimum Gasteiger partial charge on any atom is -0.207 e. The van der Waals surface area contributed by atoms with Crippen molar-refractivity contribution in [2.75, 3.05) is 0 Å². The molecule has 0 aromatic heterocycles. The standard InChI is InChI=1S/C11H12ClNO2S/c1-3-10(4-2)13-16(14,15)11-7-5-9(12)6-8-11/h1,5-8,10,13H,4H2,2H3. The molecule has 1 rings (SSSR count). The fourth-order valence-electron chi connectivity index (χ4n) is 1.10. The van der Waals surface area contributed by atoms with Gasteiger partial charge in [0.1, 0.15) is 0 Å². The molecule has 1 N–H and O–H groups in total. The molecule has 0 saturated heterocycles. The van der Waals surface area contributed by atoms with E-state index in [9.17, 15) is 8.42 Å². The Morgan fingerprint density at radius 3 is 2.44 bits per heavy atom. The van der Waals surface area contributed by atoms with E-state index in [0.29, 0.717) is 11.4 Å². The van der Waals surface area contributed by atoms with Crippen molar-refractivity contribution in [1.82, 2.24) is 4.72 Å². The van der Waals surface area contributed by atoms with Gasteiger partial charge in [-0.15, -0.1) is 6.42 Å². The Balaban J connectivity index is 2.95. The minimum absolute atomic E-state index is 0.158. The molecule has 0 radical (unpaired) electrons. The molecular weight excluding hydrogens is 246 g/mol. The molecule has 5 heteroatoms. The van der Waals surface area contributed by atoms with Crippen LogP contribution in [0.2, 0.25) is 5.02 Å². The van der Waals surface area contributed by atoms with Gasteiger partial charge >= 0.3 is 0 Å². The summed E-state index contributed by atoms with van der Waals surface area (Å²) in [5.74, 6) is 2.37. The smallest absolute Gasteiger partial charge is 0.207 e. The Bertz CT molecular complexity index is 488. The summed E-state index contributed by atoms with van der Waals surface area (Å²) in [4.78, 5) is 0.158. The van der Waals surface area contributed by atoms with Gasteiger partial charge in [0.2, 0.25) is 10.0 Å². The van der Waals surface area contributed by atoms with Crippen LogP contribution in [-0.2, 0) is 10.0 Å². The summed E-state index contributed by atoms with van der Waals surface area (Å²) in [6.07, 6.45) is 5.74. The van der Waals surface area contributed by atoms with Crippen LogP contribution in [0.5, 0.6) is 0 Å². The van der Waals surface area contributed by atoms with Gasteiger partial charge in [0, 0.05) is 5.02 Å². The van der Waals surface area contributed by atoms with Crippen molar-refractivity contribution >= 4 is 21.6 Å². The van der Waals surface area contributed by atoms with Crippen LogP contribution in [0.3, 0.4) is 0 Å². The number of terminal acetylenes is 1. The lowest BCUT2D eigenvalue weighted by molar-refractivity contribution is 0.570. The van der Waals surface area contributed by atoms with Crippen molar-refractivity contribution in [2.45, 2.75) is 24.3 Å². The van der Waals surface area contributed by atoms with Gasteiger partial charge in [-0.25, -0.2) is 8.42 Å². The van der Waals surface area contributed by atoms with Crippen LogP contribution in [0.15, 0.2) is 29.2 Å². The number of halogens is 1. The molecule has 0 aliphatic rings. The normalized spacial score (nSPS) is 13.1. The Hall–Kier alpha value is -1.02. The lowest BCUT2D eigenvalue weighted by Crippen LogP contribution is -2.33. The molecule has 86 valence electrons. The maximum atomic E-state index is 11.8. The van der Waals surface area contributed by atoms with Crippen molar-refractivity contribution in [2.24, 2.45) is 0 Å². The molecule has 0 saturated carbocycles. The highest BCUT2D eigenvalue weighted by atomic mass is 35.5. The van der Waals surface area contributed by atoms with E-state index in [1.807, 2.05) is 6.92 Å². The van der Waals surface area contributed by atoms with Gasteiger partial charge < -0.3 is 0 Å². The average molecular weight is 258 g/mol. The molecule has 1 unspecified atom stereocenters. The average Bonchev–Trinajstić information content (AvgIpc) is 2.26. The molecular formula is C11H12ClNO2S. The van der Waals surface area contributed by atoms with Crippen molar-refractivity contribution in [3.63, 3.8) is 0 Å². The van der Waals surface area contributed by atoms with Crippen LogP contribution in [-0.4, -0.2) is 14.5 Å². The molecule has 0 aliphatic carbocycles. The zero-order valence-corrected chi connectivity index (χ0v) is 10.3. The third-order valence-corrected chi connectivity index (χ3v) is 3.77. The number of hydrogen-bond acceptors (Lipinski definition) is 2. The highest BCUT2D eigenvalue weighted by Gasteiger charge is 2.17. The number of rotatable bonds is 4. The van der Waals surface area contributed by atoms with E-state index in [-0.39, 0.29) is 4.90 Å². The second-order valence-corrected chi connectivity index (χ2v) is 5.35. The van der Waals surface area contributed by atoms with E-state index in [0.717, 1.165) is 0 Å². The molecule has 0 fully saturated rings. The van der Waals surface area contributed by atoms with Crippen LogP contribution in [0.25, 0.3) is 0 Å². The summed E-state index contributed by atoms with van der Waals surface area (Å²) >= 11 is 5.67. The van der Waals surface area contributed by atoms with E-state index in [2.05, 4.69) is 10.6 Å². The van der Waals surface area contributed by atoms with Gasteiger partial charge in [0.25, 0.3) is 0 Å². The Morgan fingerprint density at radius 1 is 1.44 bits per heavy atom. The third-order valence-electron chi connectivity index (χ3n) is 2.03. The van der Waals surface area contributed by atoms with Crippen molar-refractivity contribution < 1.29 is 8.42 Å². The van der Waals surface area contributed by atoms with Crippen LogP contribution in [0.1, 0.15) is 13.3 Å². The largest absolute Gasteiger partial charge is 0.241 e. The molecule has 1 aromatic carbocycles. The van der Waals surface area contributed by atoms with Crippen LogP contribution >= 0.6 is 11.6 Å². The molecule has 0 spiro atoms. The lowest BCUT2D eigenvalue weighted by atomic mass is 10.3. The minimum atomic E-state index is -3.55. The van der Waals surface area contributed by atoms with Crippen LogP contribution in [0.4, 0.5) is 0 Å². The van der Waals surface area contributed by atoms with Gasteiger partial charge in [-0.1, -0.05) is 24.4 Å². The summed E-state index contributed by atoms with van der Waals surface area (Å²) in [5, 5.41) is 0.489. The molecule has 3 nitrogen and oxygen atoms in total. The van der Waals surface area contributed by atoms with Gasteiger partial charge in [0.05, 0.1) is 10.9 Å². The third kappa shape index (κ3) is 3.24. The predicted molar refractivity (Wildman–Crippen MR) is 64.7 cm³/mol. The van der Waals surface area contributed by atoms with E-state index in [4.69, 9.17) is 18.0 Å². The Labute approximate surface area is 101 Å². The lowest BCUT2D eigenvalue weighted by Gasteiger charge is -2.11. The van der Waals surface area contributed by atoms with Gasteiger partial charge in [0.15, 0.2) is 0 Å². The zero-order valence-electron chi connectivity index (χ0n) is 8.77. The van der Waals surface area contributed by atoms with Crippen molar-refractivity contribution in [3.05, 3.63) is 29.3 Å². The van der Waals surface area contributed by atoms with E-state index in [1.54, 1.807) is 0 Å². The molecule has 1 aromatic rings. The van der Waals surface area contributed by atoms with E-state index >= 15 is 0 Å². The SMILES string of the molecule is C#CC(CC)NS(=O)(=O)c1ccc(Cl)cc1. The summed E-state index contributed by atoms with van der Waals surface area (Å²) in [6.45, 7) is 1.81. The highest BCUT2D eigenvalue weighted by molar-refractivity contribution is 7.89. The summed E-state index contributed by atoms with van der Waals surface area (Å²) in [6, 6.07) is 5.43. The predicted octanol–water partition coefficient (Wildman–Crippen LogP) is 2.03. The van der Waals surface area contributed by atoms with E-state index < -0.39 is 16.1 Å². The monoisotopic (exact) mass is 257 g/mol. The number of sulfonamides is 1. The van der Waals surface area contributed by atoms with Gasteiger partial charge in [-0.2, -0.15) is 4.72 Å². The van der Waals surface area contributed by atoms with Gasteiger partial charge in [-0.3, -0.25) is 0 Å². The number of nitrogens with one attached hydrogen (secondary N) is 1. The van der Waals surface area contributed by atoms with E-state index in [1.165, 1.54) is 24.3 Å². The zero-order chi connectivity index (χ0) is 12.2. The van der Waals surface area contributed by atoms with Crippen LogP contribution in [0, 0.1) is 12.3 Å². The summed E-state index contributed by atoms with van der Waals surface area (Å²) in [5.41, 5.74) is 0. The topological polar surface area (TPSA) is 46.2 Å². The quantitative estimate of drug-likeness (QED) is 0.839. The first kappa shape index (κ1) is 13.0. The summed E-state index contributed by atoms with van der Waals surface area (Å²) < 4.78 is 26.1. The molecule has 1 atom stereocenters.